The van der Waals surface area contributed by atoms with Crippen molar-refractivity contribution in [2.75, 3.05) is 4.72 Å². The first-order valence-electron chi connectivity index (χ1n) is 5.82. The van der Waals surface area contributed by atoms with Crippen molar-refractivity contribution in [1.82, 2.24) is 4.98 Å². The van der Waals surface area contributed by atoms with Crippen molar-refractivity contribution in [3.8, 4) is 10.6 Å². The van der Waals surface area contributed by atoms with Crippen molar-refractivity contribution in [1.29, 1.82) is 0 Å². The van der Waals surface area contributed by atoms with Crippen LogP contribution in [0.1, 0.15) is 0 Å². The second-order valence-electron chi connectivity index (χ2n) is 4.07. The Hall–Kier alpha value is -1.41. The molecule has 108 valence electrons. The molecule has 21 heavy (non-hydrogen) atoms. The minimum Gasteiger partial charge on any atom is -0.255 e. The van der Waals surface area contributed by atoms with Crippen LogP contribution in [0.4, 0.5) is 5.13 Å². The largest absolute Gasteiger partial charge is 0.263 e. The molecule has 0 spiro atoms. The van der Waals surface area contributed by atoms with Gasteiger partial charge in [0.15, 0.2) is 5.13 Å². The number of aromatic nitrogens is 1. The van der Waals surface area contributed by atoms with Gasteiger partial charge >= 0.3 is 0 Å². The summed E-state index contributed by atoms with van der Waals surface area (Å²) in [7, 11) is -3.64. The average molecular weight is 357 g/mol. The Morgan fingerprint density at radius 1 is 1.10 bits per heavy atom. The molecule has 0 saturated carbocycles. The molecule has 0 aliphatic carbocycles. The van der Waals surface area contributed by atoms with Crippen LogP contribution in [-0.2, 0) is 10.0 Å². The number of sulfonamides is 1. The minimum absolute atomic E-state index is 0.153. The van der Waals surface area contributed by atoms with Crippen LogP contribution in [0.3, 0.4) is 0 Å². The number of benzene rings is 1. The predicted molar refractivity (Wildman–Crippen MR) is 87.7 cm³/mol. The number of hydrogen-bond donors (Lipinski definition) is 1. The van der Waals surface area contributed by atoms with Gasteiger partial charge in [-0.2, -0.15) is 0 Å². The number of anilines is 1. The summed E-state index contributed by atoms with van der Waals surface area (Å²) in [5, 5.41) is 4.61. The fourth-order valence-electron chi connectivity index (χ4n) is 1.65. The summed E-state index contributed by atoms with van der Waals surface area (Å²) in [5.41, 5.74) is 0.767. The molecular weight excluding hydrogens is 348 g/mol. The smallest absolute Gasteiger partial charge is 0.255 e. The van der Waals surface area contributed by atoms with Crippen LogP contribution >= 0.6 is 34.3 Å². The summed E-state index contributed by atoms with van der Waals surface area (Å²) in [6, 6.07) is 9.86. The van der Waals surface area contributed by atoms with E-state index in [9.17, 15) is 8.42 Å². The molecule has 0 unspecified atom stereocenters. The third-order valence-electron chi connectivity index (χ3n) is 2.62. The highest BCUT2D eigenvalue weighted by Gasteiger charge is 2.16. The first-order chi connectivity index (χ1) is 10.0. The molecule has 2 aromatic heterocycles. The van der Waals surface area contributed by atoms with E-state index in [4.69, 9.17) is 11.6 Å². The van der Waals surface area contributed by atoms with Gasteiger partial charge in [0, 0.05) is 10.4 Å². The van der Waals surface area contributed by atoms with Gasteiger partial charge in [0.05, 0.1) is 15.5 Å². The molecule has 0 bridgehead atoms. The van der Waals surface area contributed by atoms with Crippen LogP contribution in [0.2, 0.25) is 5.02 Å². The lowest BCUT2D eigenvalue weighted by Crippen LogP contribution is -2.12. The lowest BCUT2D eigenvalue weighted by molar-refractivity contribution is 0.601. The van der Waals surface area contributed by atoms with Gasteiger partial charge < -0.3 is 0 Å². The SMILES string of the molecule is O=S(=O)(Nc1nc(-c2cccs2)cs1)c1ccc(Cl)cc1. The molecule has 2 heterocycles. The van der Waals surface area contributed by atoms with Crippen molar-refractivity contribution in [3.05, 3.63) is 52.2 Å². The van der Waals surface area contributed by atoms with Crippen molar-refractivity contribution in [2.24, 2.45) is 0 Å². The maximum absolute atomic E-state index is 12.2. The van der Waals surface area contributed by atoms with Crippen LogP contribution in [0.15, 0.2) is 52.1 Å². The highest BCUT2D eigenvalue weighted by Crippen LogP contribution is 2.29. The minimum atomic E-state index is -3.64. The van der Waals surface area contributed by atoms with Gasteiger partial charge in [0.1, 0.15) is 0 Å². The number of thiazole rings is 1. The van der Waals surface area contributed by atoms with E-state index >= 15 is 0 Å². The molecule has 0 saturated heterocycles. The van der Waals surface area contributed by atoms with Gasteiger partial charge in [-0.25, -0.2) is 13.4 Å². The summed E-state index contributed by atoms with van der Waals surface area (Å²) in [6.45, 7) is 0. The summed E-state index contributed by atoms with van der Waals surface area (Å²) < 4.78 is 26.9. The van der Waals surface area contributed by atoms with E-state index in [-0.39, 0.29) is 4.90 Å². The van der Waals surface area contributed by atoms with Crippen LogP contribution in [0.5, 0.6) is 0 Å². The van der Waals surface area contributed by atoms with Crippen LogP contribution in [0, 0.1) is 0 Å². The zero-order valence-electron chi connectivity index (χ0n) is 10.5. The Kier molecular flexibility index (Phi) is 3.99. The lowest BCUT2D eigenvalue weighted by atomic mass is 10.4. The maximum atomic E-state index is 12.2. The van der Waals surface area contributed by atoms with E-state index in [1.54, 1.807) is 11.3 Å². The standard InChI is InChI=1S/C13H9ClN2O2S3/c14-9-3-5-10(6-4-9)21(17,18)16-13-15-11(8-20-13)12-2-1-7-19-12/h1-8H,(H,15,16). The molecule has 1 aromatic carbocycles. The van der Waals surface area contributed by atoms with Crippen LogP contribution in [-0.4, -0.2) is 13.4 Å². The van der Waals surface area contributed by atoms with E-state index < -0.39 is 10.0 Å². The van der Waals surface area contributed by atoms with E-state index in [0.717, 1.165) is 10.6 Å². The Morgan fingerprint density at radius 3 is 2.52 bits per heavy atom. The van der Waals surface area contributed by atoms with Crippen LogP contribution < -0.4 is 4.72 Å². The lowest BCUT2D eigenvalue weighted by Gasteiger charge is -2.04. The Balaban J connectivity index is 1.84. The Labute approximate surface area is 135 Å². The zero-order chi connectivity index (χ0) is 14.9. The Bertz CT molecular complexity index is 840. The number of thiophene rings is 1. The fraction of sp³-hybridized carbons (Fsp3) is 0. The van der Waals surface area contributed by atoms with Crippen molar-refractivity contribution in [2.45, 2.75) is 4.90 Å². The molecule has 0 atom stereocenters. The molecule has 8 heteroatoms. The van der Waals surface area contributed by atoms with Crippen molar-refractivity contribution < 1.29 is 8.42 Å². The normalized spacial score (nSPS) is 11.5. The number of rotatable bonds is 4. The molecule has 1 N–H and O–H groups in total. The van der Waals surface area contributed by atoms with Gasteiger partial charge in [0.2, 0.25) is 0 Å². The van der Waals surface area contributed by atoms with Gasteiger partial charge in [0.25, 0.3) is 10.0 Å². The third-order valence-corrected chi connectivity index (χ3v) is 6.01. The highest BCUT2D eigenvalue weighted by atomic mass is 35.5. The zero-order valence-corrected chi connectivity index (χ0v) is 13.7. The summed E-state index contributed by atoms with van der Waals surface area (Å²) >= 11 is 8.57. The first-order valence-corrected chi connectivity index (χ1v) is 9.44. The number of halogens is 1. The number of nitrogens with zero attached hydrogens (tertiary/aromatic N) is 1. The van der Waals surface area contributed by atoms with Gasteiger partial charge in [-0.05, 0) is 35.7 Å². The monoisotopic (exact) mass is 356 g/mol. The second kappa shape index (κ2) is 5.76. The third kappa shape index (κ3) is 3.26. The quantitative estimate of drug-likeness (QED) is 0.757. The molecular formula is C13H9ClN2O2S3. The van der Waals surface area contributed by atoms with Gasteiger partial charge in [-0.1, -0.05) is 17.7 Å². The van der Waals surface area contributed by atoms with E-state index in [1.807, 2.05) is 22.9 Å². The summed E-state index contributed by atoms with van der Waals surface area (Å²) in [5.74, 6) is 0. The summed E-state index contributed by atoms with van der Waals surface area (Å²) in [6.07, 6.45) is 0. The molecule has 0 aliphatic heterocycles. The maximum Gasteiger partial charge on any atom is 0.263 e. The first kappa shape index (κ1) is 14.5. The highest BCUT2D eigenvalue weighted by molar-refractivity contribution is 7.93. The molecule has 3 aromatic rings. The molecule has 0 fully saturated rings. The molecule has 3 rings (SSSR count). The predicted octanol–water partition coefficient (Wildman–Crippen LogP) is 4.33. The fourth-order valence-corrected chi connectivity index (χ4v) is 4.50. The number of nitrogens with one attached hydrogen (secondary N) is 1. The van der Waals surface area contributed by atoms with Crippen molar-refractivity contribution >= 4 is 49.4 Å². The van der Waals surface area contributed by atoms with Crippen LogP contribution in [0.25, 0.3) is 10.6 Å². The topological polar surface area (TPSA) is 59.1 Å². The van der Waals surface area contributed by atoms with E-state index in [2.05, 4.69) is 9.71 Å². The van der Waals surface area contributed by atoms with E-state index in [0.29, 0.717) is 10.2 Å². The molecule has 0 aliphatic rings. The Morgan fingerprint density at radius 2 is 1.86 bits per heavy atom. The van der Waals surface area contributed by atoms with E-state index in [1.165, 1.54) is 35.6 Å². The molecule has 0 radical (unpaired) electrons. The number of hydrogen-bond acceptors (Lipinski definition) is 5. The average Bonchev–Trinajstić information content (AvgIpc) is 3.09. The summed E-state index contributed by atoms with van der Waals surface area (Å²) in [4.78, 5) is 5.45. The van der Waals surface area contributed by atoms with Gasteiger partial charge in [-0.3, -0.25) is 4.72 Å². The molecule has 4 nitrogen and oxygen atoms in total. The molecule has 0 amide bonds. The van der Waals surface area contributed by atoms with Gasteiger partial charge in [-0.15, -0.1) is 22.7 Å². The second-order valence-corrected chi connectivity index (χ2v) is 8.00. The van der Waals surface area contributed by atoms with Crippen molar-refractivity contribution in [3.63, 3.8) is 0 Å².